The first-order valence-corrected chi connectivity index (χ1v) is 9.49. The molecule has 1 atom stereocenters. The summed E-state index contributed by atoms with van der Waals surface area (Å²) in [5.41, 5.74) is 0.606. The van der Waals surface area contributed by atoms with Crippen molar-refractivity contribution in [2.45, 2.75) is 38.8 Å². The van der Waals surface area contributed by atoms with Gasteiger partial charge in [-0.3, -0.25) is 4.79 Å². The Morgan fingerprint density at radius 3 is 2.84 bits per heavy atom. The molecule has 2 aromatic rings. The molecule has 1 aliphatic rings. The number of carbonyl (C=O) groups is 1. The Morgan fingerprint density at radius 2 is 2.24 bits per heavy atom. The number of nitrogens with zero attached hydrogens (tertiary/aromatic N) is 1. The van der Waals surface area contributed by atoms with Crippen molar-refractivity contribution in [2.75, 3.05) is 20.3 Å². The van der Waals surface area contributed by atoms with Crippen LogP contribution in [0.15, 0.2) is 18.2 Å². The van der Waals surface area contributed by atoms with Crippen molar-refractivity contribution in [3.05, 3.63) is 34.5 Å². The fourth-order valence-corrected chi connectivity index (χ4v) is 4.45. The van der Waals surface area contributed by atoms with Gasteiger partial charge in [-0.25, -0.2) is 4.39 Å². The highest BCUT2D eigenvalue weighted by Gasteiger charge is 2.30. The van der Waals surface area contributed by atoms with Gasteiger partial charge in [0.15, 0.2) is 0 Å². The maximum Gasteiger partial charge on any atom is 0.264 e. The SMILES string of the molecule is COCc1c(C(=O)N(CC2CCC2)C(C)CO)sc2cccc(F)c12. The zero-order chi connectivity index (χ0) is 18.0. The Kier molecular flexibility index (Phi) is 5.71. The van der Waals surface area contributed by atoms with Crippen molar-refractivity contribution >= 4 is 27.3 Å². The van der Waals surface area contributed by atoms with Gasteiger partial charge in [-0.1, -0.05) is 12.5 Å². The molecule has 1 aliphatic carbocycles. The zero-order valence-corrected chi connectivity index (χ0v) is 15.4. The fourth-order valence-electron chi connectivity index (χ4n) is 3.27. The van der Waals surface area contributed by atoms with Crippen LogP contribution in [0, 0.1) is 11.7 Å². The minimum atomic E-state index is -0.333. The number of fused-ring (bicyclic) bond motifs is 1. The number of thiophene rings is 1. The lowest BCUT2D eigenvalue weighted by Crippen LogP contribution is -2.44. The van der Waals surface area contributed by atoms with Gasteiger partial charge < -0.3 is 14.7 Å². The Labute approximate surface area is 151 Å². The number of aliphatic hydroxyl groups is 1. The number of rotatable bonds is 7. The highest BCUT2D eigenvalue weighted by molar-refractivity contribution is 7.21. The average Bonchev–Trinajstić information content (AvgIpc) is 2.93. The first kappa shape index (κ1) is 18.3. The number of benzene rings is 1. The molecule has 0 saturated heterocycles. The van der Waals surface area contributed by atoms with Gasteiger partial charge in [-0.15, -0.1) is 11.3 Å². The number of hydrogen-bond donors (Lipinski definition) is 1. The molecule has 1 fully saturated rings. The van der Waals surface area contributed by atoms with Crippen LogP contribution in [-0.2, 0) is 11.3 Å². The molecule has 0 bridgehead atoms. The van der Waals surface area contributed by atoms with Gasteiger partial charge in [0.05, 0.1) is 24.1 Å². The minimum absolute atomic E-state index is 0.0860. The number of ether oxygens (including phenoxy) is 1. The third-order valence-corrected chi connectivity index (χ3v) is 6.17. The molecule has 1 N–H and O–H groups in total. The first-order chi connectivity index (χ1) is 12.1. The van der Waals surface area contributed by atoms with E-state index in [-0.39, 0.29) is 31.0 Å². The third-order valence-electron chi connectivity index (χ3n) is 4.98. The molecule has 0 radical (unpaired) electrons. The molecule has 4 nitrogen and oxygen atoms in total. The van der Waals surface area contributed by atoms with Crippen molar-refractivity contribution in [1.29, 1.82) is 0 Å². The van der Waals surface area contributed by atoms with Crippen molar-refractivity contribution in [3.8, 4) is 0 Å². The second-order valence-electron chi connectivity index (χ2n) is 6.74. The first-order valence-electron chi connectivity index (χ1n) is 8.67. The molecule has 1 amide bonds. The molecular weight excluding hydrogens is 341 g/mol. The molecule has 0 aliphatic heterocycles. The van der Waals surface area contributed by atoms with E-state index in [0.717, 1.165) is 17.5 Å². The Hall–Kier alpha value is -1.50. The second kappa shape index (κ2) is 7.81. The van der Waals surface area contributed by atoms with Crippen LogP contribution in [0.1, 0.15) is 41.4 Å². The monoisotopic (exact) mass is 365 g/mol. The number of hydrogen-bond acceptors (Lipinski definition) is 4. The van der Waals surface area contributed by atoms with Crippen LogP contribution in [0.4, 0.5) is 4.39 Å². The molecule has 1 heterocycles. The van der Waals surface area contributed by atoms with Gasteiger partial charge in [-0.2, -0.15) is 0 Å². The summed E-state index contributed by atoms with van der Waals surface area (Å²) in [6.45, 7) is 2.59. The number of aliphatic hydroxyl groups excluding tert-OH is 1. The van der Waals surface area contributed by atoms with Crippen molar-refractivity contribution in [3.63, 3.8) is 0 Å². The molecule has 1 aromatic carbocycles. The van der Waals surface area contributed by atoms with E-state index in [1.807, 2.05) is 13.0 Å². The van der Waals surface area contributed by atoms with E-state index in [2.05, 4.69) is 0 Å². The van der Waals surface area contributed by atoms with Crippen molar-refractivity contribution < 1.29 is 19.0 Å². The summed E-state index contributed by atoms with van der Waals surface area (Å²) >= 11 is 1.30. The van der Waals surface area contributed by atoms with Gasteiger partial charge >= 0.3 is 0 Å². The van der Waals surface area contributed by atoms with E-state index in [9.17, 15) is 14.3 Å². The molecule has 1 aromatic heterocycles. The van der Waals surface area contributed by atoms with Crippen molar-refractivity contribution in [1.82, 2.24) is 4.90 Å². The Morgan fingerprint density at radius 1 is 1.48 bits per heavy atom. The van der Waals surface area contributed by atoms with Crippen molar-refractivity contribution in [2.24, 2.45) is 5.92 Å². The summed E-state index contributed by atoms with van der Waals surface area (Å²) < 4.78 is 20.3. The quantitative estimate of drug-likeness (QED) is 0.812. The maximum absolute atomic E-state index is 14.3. The number of halogens is 1. The molecule has 1 unspecified atom stereocenters. The zero-order valence-electron chi connectivity index (χ0n) is 14.6. The van der Waals surface area contributed by atoms with Crippen LogP contribution in [0.5, 0.6) is 0 Å². The van der Waals surface area contributed by atoms with Gasteiger partial charge in [0.25, 0.3) is 5.91 Å². The highest BCUT2D eigenvalue weighted by Crippen LogP contribution is 2.36. The number of carbonyl (C=O) groups excluding carboxylic acids is 1. The molecular formula is C19H24FNO3S. The van der Waals surface area contributed by atoms with E-state index in [0.29, 0.717) is 28.3 Å². The summed E-state index contributed by atoms with van der Waals surface area (Å²) in [4.78, 5) is 15.5. The lowest BCUT2D eigenvalue weighted by molar-refractivity contribution is 0.0531. The van der Waals surface area contributed by atoms with Crippen LogP contribution in [0.25, 0.3) is 10.1 Å². The third kappa shape index (κ3) is 3.57. The Bertz CT molecular complexity index is 756. The minimum Gasteiger partial charge on any atom is -0.394 e. The topological polar surface area (TPSA) is 49.8 Å². The summed E-state index contributed by atoms with van der Waals surface area (Å²) in [6, 6.07) is 4.62. The molecule has 1 saturated carbocycles. The van der Waals surface area contributed by atoms with E-state index >= 15 is 0 Å². The van der Waals surface area contributed by atoms with Gasteiger partial charge in [0, 0.05) is 29.3 Å². The number of amides is 1. The van der Waals surface area contributed by atoms with Gasteiger partial charge in [-0.05, 0) is 37.8 Å². The van der Waals surface area contributed by atoms with Gasteiger partial charge in [0.1, 0.15) is 5.82 Å². The average molecular weight is 365 g/mol. The highest BCUT2D eigenvalue weighted by atomic mass is 32.1. The van der Waals surface area contributed by atoms with E-state index in [1.165, 1.54) is 23.8 Å². The van der Waals surface area contributed by atoms with E-state index < -0.39 is 0 Å². The summed E-state index contributed by atoms with van der Waals surface area (Å²) in [7, 11) is 1.54. The number of methoxy groups -OCH3 is 1. The summed E-state index contributed by atoms with van der Waals surface area (Å²) in [5, 5.41) is 10.1. The van der Waals surface area contributed by atoms with Crippen LogP contribution in [-0.4, -0.2) is 42.2 Å². The normalized spacial score (nSPS) is 16.0. The molecule has 136 valence electrons. The molecule has 0 spiro atoms. The summed E-state index contributed by atoms with van der Waals surface area (Å²) in [6.07, 6.45) is 3.44. The van der Waals surface area contributed by atoms with Gasteiger partial charge in [0.2, 0.25) is 0 Å². The van der Waals surface area contributed by atoms with E-state index in [4.69, 9.17) is 4.74 Å². The molecule has 6 heteroatoms. The Balaban J connectivity index is 2.01. The van der Waals surface area contributed by atoms with Crippen LogP contribution in [0.2, 0.25) is 0 Å². The smallest absolute Gasteiger partial charge is 0.264 e. The van der Waals surface area contributed by atoms with Crippen LogP contribution >= 0.6 is 11.3 Å². The predicted molar refractivity (Wildman–Crippen MR) is 97.4 cm³/mol. The lowest BCUT2D eigenvalue weighted by Gasteiger charge is -2.35. The lowest BCUT2D eigenvalue weighted by atomic mass is 9.85. The molecule has 25 heavy (non-hydrogen) atoms. The van der Waals surface area contributed by atoms with Crippen LogP contribution in [0.3, 0.4) is 0 Å². The molecule has 3 rings (SSSR count). The largest absolute Gasteiger partial charge is 0.394 e. The second-order valence-corrected chi connectivity index (χ2v) is 7.79. The van der Waals surface area contributed by atoms with Crippen LogP contribution < -0.4 is 0 Å². The predicted octanol–water partition coefficient (Wildman–Crippen LogP) is 3.81. The summed E-state index contributed by atoms with van der Waals surface area (Å²) in [5.74, 6) is 0.0247. The van der Waals surface area contributed by atoms with E-state index in [1.54, 1.807) is 18.1 Å². The fraction of sp³-hybridized carbons (Fsp3) is 0.526. The standard InChI is InChI=1S/C19H24FNO3S/c1-12(10-22)21(9-13-5-3-6-13)19(23)18-14(11-24-2)17-15(20)7-4-8-16(17)25-18/h4,7-8,12-13,22H,3,5-6,9-11H2,1-2H3. The maximum atomic E-state index is 14.3.